The van der Waals surface area contributed by atoms with Crippen LogP contribution in [0.25, 0.3) is 6.08 Å². The van der Waals surface area contributed by atoms with Gasteiger partial charge in [-0.3, -0.25) is 13.6 Å². The number of phosphoric ester groups is 1. The molecule has 0 aliphatic heterocycles. The van der Waals surface area contributed by atoms with Gasteiger partial charge in [0.2, 0.25) is 0 Å². The Kier molecular flexibility index (Phi) is 6.91. The Morgan fingerprint density at radius 2 is 1.67 bits per heavy atom. The molecule has 0 spiro atoms. The highest BCUT2D eigenvalue weighted by molar-refractivity contribution is 7.48. The van der Waals surface area contributed by atoms with E-state index in [4.69, 9.17) is 13.6 Å². The van der Waals surface area contributed by atoms with Crippen molar-refractivity contribution < 1.29 is 18.1 Å². The van der Waals surface area contributed by atoms with E-state index in [1.807, 2.05) is 36.4 Å². The van der Waals surface area contributed by atoms with Gasteiger partial charge in [-0.15, -0.1) is 0 Å². The fourth-order valence-electron chi connectivity index (χ4n) is 1.31. The maximum atomic E-state index is 11.9. The molecule has 1 rings (SSSR count). The minimum atomic E-state index is -3.39. The van der Waals surface area contributed by atoms with Crippen LogP contribution in [0.5, 0.6) is 0 Å². The Morgan fingerprint density at radius 3 is 2.22 bits per heavy atom. The first-order valence-corrected chi connectivity index (χ1v) is 7.41. The summed E-state index contributed by atoms with van der Waals surface area (Å²) in [6.07, 6.45) is 3.67. The molecule has 1 aromatic carbocycles. The molecule has 0 fully saturated rings. The van der Waals surface area contributed by atoms with Gasteiger partial charge in [0.05, 0.1) is 19.8 Å². The molecule has 0 amide bonds. The Balaban J connectivity index is 2.44. The molecule has 5 heteroatoms. The summed E-state index contributed by atoms with van der Waals surface area (Å²) in [6.45, 7) is 4.26. The third-order valence-electron chi connectivity index (χ3n) is 2.01. The van der Waals surface area contributed by atoms with Crippen molar-refractivity contribution in [3.05, 3.63) is 42.0 Å². The van der Waals surface area contributed by atoms with Crippen molar-refractivity contribution in [3.8, 4) is 0 Å². The van der Waals surface area contributed by atoms with Gasteiger partial charge in [0.15, 0.2) is 0 Å². The van der Waals surface area contributed by atoms with E-state index >= 15 is 0 Å². The van der Waals surface area contributed by atoms with Gasteiger partial charge < -0.3 is 0 Å². The maximum absolute atomic E-state index is 11.9. The van der Waals surface area contributed by atoms with E-state index in [1.165, 1.54) is 0 Å². The molecule has 1 aromatic rings. The molecule has 0 aromatic heterocycles. The van der Waals surface area contributed by atoms with Crippen LogP contribution < -0.4 is 0 Å². The lowest BCUT2D eigenvalue weighted by molar-refractivity contribution is 0.131. The van der Waals surface area contributed by atoms with Gasteiger partial charge >= 0.3 is 7.82 Å². The lowest BCUT2D eigenvalue weighted by atomic mass is 10.2. The fraction of sp³-hybridized carbons (Fsp3) is 0.385. The molecule has 0 aliphatic carbocycles. The highest BCUT2D eigenvalue weighted by Crippen LogP contribution is 2.49. The Morgan fingerprint density at radius 1 is 1.06 bits per heavy atom. The molecule has 4 nitrogen and oxygen atoms in total. The average molecular weight is 270 g/mol. The third kappa shape index (κ3) is 5.61. The molecule has 0 bridgehead atoms. The minimum absolute atomic E-state index is 0.187. The van der Waals surface area contributed by atoms with Crippen LogP contribution in [0.2, 0.25) is 0 Å². The average Bonchev–Trinajstić information content (AvgIpc) is 2.37. The summed E-state index contributed by atoms with van der Waals surface area (Å²) in [7, 11) is -3.39. The molecule has 100 valence electrons. The van der Waals surface area contributed by atoms with Crippen molar-refractivity contribution >= 4 is 13.9 Å². The van der Waals surface area contributed by atoms with E-state index in [0.29, 0.717) is 13.2 Å². The Hall–Kier alpha value is -0.930. The molecule has 0 radical (unpaired) electrons. The fourth-order valence-corrected chi connectivity index (χ4v) is 2.44. The molecular formula is C13H19O4P. The van der Waals surface area contributed by atoms with Crippen LogP contribution in [-0.2, 0) is 18.1 Å². The summed E-state index contributed by atoms with van der Waals surface area (Å²) in [6, 6.07) is 9.80. The zero-order chi connectivity index (χ0) is 13.3. The van der Waals surface area contributed by atoms with Crippen molar-refractivity contribution in [2.75, 3.05) is 19.8 Å². The SMILES string of the molecule is CCOP(=O)(OCC)OCC=Cc1ccccc1. The molecule has 0 saturated heterocycles. The molecule has 0 heterocycles. The van der Waals surface area contributed by atoms with Gasteiger partial charge in [0.25, 0.3) is 0 Å². The highest BCUT2D eigenvalue weighted by Gasteiger charge is 2.24. The van der Waals surface area contributed by atoms with Crippen LogP contribution in [-0.4, -0.2) is 19.8 Å². The number of hydrogen-bond acceptors (Lipinski definition) is 4. The molecule has 0 saturated carbocycles. The summed E-state index contributed by atoms with van der Waals surface area (Å²) >= 11 is 0. The van der Waals surface area contributed by atoms with Gasteiger partial charge in [-0.25, -0.2) is 4.57 Å². The monoisotopic (exact) mass is 270 g/mol. The quantitative estimate of drug-likeness (QED) is 0.672. The van der Waals surface area contributed by atoms with E-state index in [-0.39, 0.29) is 6.61 Å². The number of rotatable bonds is 8. The van der Waals surface area contributed by atoms with Crippen molar-refractivity contribution in [2.45, 2.75) is 13.8 Å². The summed E-state index contributed by atoms with van der Waals surface area (Å²) in [5, 5.41) is 0. The van der Waals surface area contributed by atoms with Crippen molar-refractivity contribution in [3.63, 3.8) is 0 Å². The van der Waals surface area contributed by atoms with Gasteiger partial charge in [-0.05, 0) is 19.4 Å². The van der Waals surface area contributed by atoms with Crippen molar-refractivity contribution in [1.29, 1.82) is 0 Å². The zero-order valence-corrected chi connectivity index (χ0v) is 11.6. The van der Waals surface area contributed by atoms with E-state index in [2.05, 4.69) is 0 Å². The molecule has 18 heavy (non-hydrogen) atoms. The van der Waals surface area contributed by atoms with Crippen LogP contribution in [0.3, 0.4) is 0 Å². The lowest BCUT2D eigenvalue weighted by Crippen LogP contribution is -2.00. The van der Waals surface area contributed by atoms with Crippen LogP contribution in [0.15, 0.2) is 36.4 Å². The summed E-state index contributed by atoms with van der Waals surface area (Å²) in [5.74, 6) is 0. The van der Waals surface area contributed by atoms with Crippen LogP contribution in [0.1, 0.15) is 19.4 Å². The second-order valence-electron chi connectivity index (χ2n) is 3.39. The van der Waals surface area contributed by atoms with Crippen LogP contribution in [0.4, 0.5) is 0 Å². The standard InChI is InChI=1S/C13H19O4P/c1-3-15-18(14,16-4-2)17-12-8-11-13-9-6-5-7-10-13/h5-11H,3-4,12H2,1-2H3. The predicted octanol–water partition coefficient (Wildman–Crippen LogP) is 3.90. The summed E-state index contributed by atoms with van der Waals surface area (Å²) in [5.41, 5.74) is 1.06. The second-order valence-corrected chi connectivity index (χ2v) is 5.06. The van der Waals surface area contributed by atoms with Crippen LogP contribution >= 0.6 is 7.82 Å². The molecule has 0 unspecified atom stereocenters. The second kappa shape index (κ2) is 8.22. The first-order chi connectivity index (χ1) is 8.70. The largest absolute Gasteiger partial charge is 0.475 e. The number of hydrogen-bond donors (Lipinski definition) is 0. The smallest absolute Gasteiger partial charge is 0.287 e. The maximum Gasteiger partial charge on any atom is 0.475 e. The van der Waals surface area contributed by atoms with Crippen molar-refractivity contribution in [2.24, 2.45) is 0 Å². The number of phosphoric acid groups is 1. The zero-order valence-electron chi connectivity index (χ0n) is 10.7. The Bertz CT molecular complexity index is 393. The van der Waals surface area contributed by atoms with E-state index in [1.54, 1.807) is 19.9 Å². The first kappa shape index (κ1) is 15.1. The molecule has 0 N–H and O–H groups in total. The van der Waals surface area contributed by atoms with E-state index < -0.39 is 7.82 Å². The topological polar surface area (TPSA) is 44.8 Å². The van der Waals surface area contributed by atoms with Gasteiger partial charge in [0, 0.05) is 0 Å². The molecular weight excluding hydrogens is 251 g/mol. The van der Waals surface area contributed by atoms with Gasteiger partial charge in [-0.1, -0.05) is 42.5 Å². The first-order valence-electron chi connectivity index (χ1n) is 5.95. The molecule has 0 atom stereocenters. The number of benzene rings is 1. The third-order valence-corrected chi connectivity index (χ3v) is 3.63. The van der Waals surface area contributed by atoms with Gasteiger partial charge in [-0.2, -0.15) is 0 Å². The summed E-state index contributed by atoms with van der Waals surface area (Å²) in [4.78, 5) is 0. The van der Waals surface area contributed by atoms with E-state index in [9.17, 15) is 4.57 Å². The van der Waals surface area contributed by atoms with Crippen molar-refractivity contribution in [1.82, 2.24) is 0 Å². The molecule has 0 aliphatic rings. The Labute approximate surface area is 108 Å². The predicted molar refractivity (Wildman–Crippen MR) is 72.3 cm³/mol. The van der Waals surface area contributed by atoms with E-state index in [0.717, 1.165) is 5.56 Å². The van der Waals surface area contributed by atoms with Gasteiger partial charge in [0.1, 0.15) is 0 Å². The van der Waals surface area contributed by atoms with Crippen LogP contribution in [0, 0.1) is 0 Å². The normalized spacial score (nSPS) is 12.1. The minimum Gasteiger partial charge on any atom is -0.287 e. The lowest BCUT2D eigenvalue weighted by Gasteiger charge is -2.14. The summed E-state index contributed by atoms with van der Waals surface area (Å²) < 4.78 is 27.1. The highest BCUT2D eigenvalue weighted by atomic mass is 31.2.